The molecule has 1 heteroatoms. The van der Waals surface area contributed by atoms with Crippen molar-refractivity contribution < 1.29 is 0 Å². The van der Waals surface area contributed by atoms with Crippen molar-refractivity contribution in [3.8, 4) is 0 Å². The van der Waals surface area contributed by atoms with Crippen LogP contribution >= 0.6 is 15.9 Å². The van der Waals surface area contributed by atoms with E-state index in [0.29, 0.717) is 0 Å². The lowest BCUT2D eigenvalue weighted by Gasteiger charge is -2.13. The van der Waals surface area contributed by atoms with E-state index in [1.165, 1.54) is 22.3 Å². The van der Waals surface area contributed by atoms with E-state index < -0.39 is 0 Å². The molecule has 0 radical (unpaired) electrons. The van der Waals surface area contributed by atoms with E-state index in [4.69, 9.17) is 0 Å². The first kappa shape index (κ1) is 11.8. The fraction of sp³-hybridized carbons (Fsp3) is 0.538. The molecule has 0 fully saturated rings. The summed E-state index contributed by atoms with van der Waals surface area (Å²) in [5.74, 6) is 0. The minimum absolute atomic E-state index is 0.989. The zero-order valence-electron chi connectivity index (χ0n) is 9.36. The minimum Gasteiger partial charge on any atom is -0.0876 e. The number of hydrogen-bond donors (Lipinski definition) is 0. The second kappa shape index (κ2) is 5.55. The van der Waals surface area contributed by atoms with Gasteiger partial charge in [0.25, 0.3) is 0 Å². The molecule has 1 aromatic carbocycles. The standard InChI is InChI=1S/C13H19Br/c1-4-10-7-11(5-2)13(9-14)12(6-3)8-10/h7-8H,4-6,9H2,1-3H3. The highest BCUT2D eigenvalue weighted by atomic mass is 79.9. The van der Waals surface area contributed by atoms with Crippen LogP contribution < -0.4 is 0 Å². The molecule has 0 aliphatic carbocycles. The molecule has 0 spiro atoms. The van der Waals surface area contributed by atoms with E-state index >= 15 is 0 Å². The fourth-order valence-corrected chi connectivity index (χ4v) is 2.60. The van der Waals surface area contributed by atoms with Crippen molar-refractivity contribution in [3.05, 3.63) is 34.4 Å². The van der Waals surface area contributed by atoms with Crippen LogP contribution in [0.1, 0.15) is 43.0 Å². The highest BCUT2D eigenvalue weighted by Gasteiger charge is 2.06. The van der Waals surface area contributed by atoms with Gasteiger partial charge in [-0.25, -0.2) is 0 Å². The maximum Gasteiger partial charge on any atom is 0.0288 e. The van der Waals surface area contributed by atoms with Crippen LogP contribution in [-0.4, -0.2) is 0 Å². The molecule has 0 amide bonds. The van der Waals surface area contributed by atoms with E-state index in [0.717, 1.165) is 24.6 Å². The molecule has 0 unspecified atom stereocenters. The Hall–Kier alpha value is -0.300. The minimum atomic E-state index is 0.989. The molecule has 0 aromatic heterocycles. The molecule has 78 valence electrons. The molecule has 0 atom stereocenters. The van der Waals surface area contributed by atoms with Crippen LogP contribution in [0.4, 0.5) is 0 Å². The first-order valence-corrected chi connectivity index (χ1v) is 6.58. The van der Waals surface area contributed by atoms with Crippen LogP contribution in [0, 0.1) is 0 Å². The zero-order valence-corrected chi connectivity index (χ0v) is 10.9. The van der Waals surface area contributed by atoms with E-state index in [1.54, 1.807) is 0 Å². The number of aryl methyl sites for hydroxylation is 3. The lowest BCUT2D eigenvalue weighted by Crippen LogP contribution is -1.99. The molecular formula is C13H19Br. The third-order valence-corrected chi connectivity index (χ3v) is 3.36. The summed E-state index contributed by atoms with van der Waals surface area (Å²) in [5.41, 5.74) is 6.01. The average molecular weight is 255 g/mol. The summed E-state index contributed by atoms with van der Waals surface area (Å²) in [6, 6.07) is 4.71. The lowest BCUT2D eigenvalue weighted by atomic mass is 9.95. The molecular weight excluding hydrogens is 236 g/mol. The van der Waals surface area contributed by atoms with Crippen molar-refractivity contribution in [3.63, 3.8) is 0 Å². The Morgan fingerprint density at radius 2 is 1.43 bits per heavy atom. The summed E-state index contributed by atoms with van der Waals surface area (Å²) in [4.78, 5) is 0. The van der Waals surface area contributed by atoms with Crippen LogP contribution in [-0.2, 0) is 24.6 Å². The van der Waals surface area contributed by atoms with Crippen LogP contribution in [0.2, 0.25) is 0 Å². The molecule has 0 heterocycles. The van der Waals surface area contributed by atoms with Gasteiger partial charge in [-0.05, 0) is 41.5 Å². The van der Waals surface area contributed by atoms with Crippen molar-refractivity contribution in [2.75, 3.05) is 0 Å². The van der Waals surface area contributed by atoms with Gasteiger partial charge in [-0.3, -0.25) is 0 Å². The van der Waals surface area contributed by atoms with E-state index in [1.807, 2.05) is 0 Å². The molecule has 1 rings (SSSR count). The molecule has 0 N–H and O–H groups in total. The molecule has 14 heavy (non-hydrogen) atoms. The molecule has 0 bridgehead atoms. The summed E-state index contributed by atoms with van der Waals surface area (Å²) in [6.45, 7) is 6.70. The number of alkyl halides is 1. The van der Waals surface area contributed by atoms with Gasteiger partial charge in [-0.1, -0.05) is 48.8 Å². The van der Waals surface area contributed by atoms with Gasteiger partial charge in [0.05, 0.1) is 0 Å². The Balaban J connectivity index is 3.24. The summed E-state index contributed by atoms with van der Waals surface area (Å²) in [5, 5.41) is 0.989. The predicted molar refractivity (Wildman–Crippen MR) is 67.2 cm³/mol. The first-order chi connectivity index (χ1) is 6.76. The Morgan fingerprint density at radius 1 is 0.929 bits per heavy atom. The largest absolute Gasteiger partial charge is 0.0876 e. The van der Waals surface area contributed by atoms with Gasteiger partial charge in [0.1, 0.15) is 0 Å². The molecule has 0 nitrogen and oxygen atoms in total. The van der Waals surface area contributed by atoms with Crippen molar-refractivity contribution in [1.29, 1.82) is 0 Å². The van der Waals surface area contributed by atoms with Gasteiger partial charge in [0.15, 0.2) is 0 Å². The first-order valence-electron chi connectivity index (χ1n) is 5.46. The van der Waals surface area contributed by atoms with Gasteiger partial charge in [-0.15, -0.1) is 0 Å². The molecule has 0 aliphatic heterocycles. The third kappa shape index (κ3) is 2.38. The van der Waals surface area contributed by atoms with E-state index in [9.17, 15) is 0 Å². The number of benzene rings is 1. The summed E-state index contributed by atoms with van der Waals surface area (Å²) in [7, 11) is 0. The molecule has 0 aliphatic rings. The zero-order chi connectivity index (χ0) is 10.6. The SMILES string of the molecule is CCc1cc(CC)c(CBr)c(CC)c1. The lowest BCUT2D eigenvalue weighted by molar-refractivity contribution is 1.01. The Morgan fingerprint density at radius 3 is 1.71 bits per heavy atom. The molecule has 0 saturated carbocycles. The van der Waals surface area contributed by atoms with Gasteiger partial charge in [0.2, 0.25) is 0 Å². The van der Waals surface area contributed by atoms with Crippen molar-refractivity contribution >= 4 is 15.9 Å². The molecule has 1 aromatic rings. The van der Waals surface area contributed by atoms with Crippen molar-refractivity contribution in [2.45, 2.75) is 45.4 Å². The monoisotopic (exact) mass is 254 g/mol. The number of halogens is 1. The normalized spacial score (nSPS) is 10.6. The van der Waals surface area contributed by atoms with Crippen LogP contribution in [0.15, 0.2) is 12.1 Å². The predicted octanol–water partition coefficient (Wildman–Crippen LogP) is 4.27. The topological polar surface area (TPSA) is 0 Å². The summed E-state index contributed by atoms with van der Waals surface area (Å²) >= 11 is 3.59. The number of rotatable bonds is 4. The summed E-state index contributed by atoms with van der Waals surface area (Å²) in [6.07, 6.45) is 3.42. The summed E-state index contributed by atoms with van der Waals surface area (Å²) < 4.78 is 0. The van der Waals surface area contributed by atoms with Crippen molar-refractivity contribution in [2.24, 2.45) is 0 Å². The average Bonchev–Trinajstić information content (AvgIpc) is 2.26. The fourth-order valence-electron chi connectivity index (χ4n) is 1.88. The smallest absolute Gasteiger partial charge is 0.0288 e. The van der Waals surface area contributed by atoms with Gasteiger partial charge in [-0.2, -0.15) is 0 Å². The maximum atomic E-state index is 3.59. The van der Waals surface area contributed by atoms with Gasteiger partial charge >= 0.3 is 0 Å². The van der Waals surface area contributed by atoms with Gasteiger partial charge < -0.3 is 0 Å². The van der Waals surface area contributed by atoms with Crippen LogP contribution in [0.5, 0.6) is 0 Å². The highest BCUT2D eigenvalue weighted by molar-refractivity contribution is 9.08. The van der Waals surface area contributed by atoms with E-state index in [-0.39, 0.29) is 0 Å². The third-order valence-electron chi connectivity index (χ3n) is 2.80. The highest BCUT2D eigenvalue weighted by Crippen LogP contribution is 2.22. The van der Waals surface area contributed by atoms with Crippen LogP contribution in [0.25, 0.3) is 0 Å². The second-order valence-electron chi connectivity index (χ2n) is 3.59. The van der Waals surface area contributed by atoms with Crippen LogP contribution in [0.3, 0.4) is 0 Å². The Kier molecular flexibility index (Phi) is 4.67. The quantitative estimate of drug-likeness (QED) is 0.705. The number of hydrogen-bond acceptors (Lipinski definition) is 0. The Labute approximate surface area is 95.9 Å². The maximum absolute atomic E-state index is 3.59. The second-order valence-corrected chi connectivity index (χ2v) is 4.15. The van der Waals surface area contributed by atoms with Crippen molar-refractivity contribution in [1.82, 2.24) is 0 Å². The Bertz CT molecular complexity index is 277. The van der Waals surface area contributed by atoms with Gasteiger partial charge in [0, 0.05) is 5.33 Å². The van der Waals surface area contributed by atoms with E-state index in [2.05, 4.69) is 48.8 Å². The molecule has 0 saturated heterocycles.